The summed E-state index contributed by atoms with van der Waals surface area (Å²) in [4.78, 5) is 11.1. The highest BCUT2D eigenvalue weighted by Gasteiger charge is 2.09. The van der Waals surface area contributed by atoms with Gasteiger partial charge in [-0.3, -0.25) is 4.79 Å². The van der Waals surface area contributed by atoms with Crippen LogP contribution < -0.4 is 5.32 Å². The molecule has 0 bridgehead atoms. The highest BCUT2D eigenvalue weighted by atomic mass is 35.5. The molecule has 0 spiro atoms. The molecule has 1 amide bonds. The number of halogens is 2. The van der Waals surface area contributed by atoms with Gasteiger partial charge in [0.05, 0.1) is 0 Å². The third-order valence-corrected chi connectivity index (χ3v) is 2.80. The minimum Gasteiger partial charge on any atom is -0.355 e. The number of amides is 1. The van der Waals surface area contributed by atoms with Gasteiger partial charge < -0.3 is 5.32 Å². The number of hydrogen-bond acceptors (Lipinski definition) is 1. The summed E-state index contributed by atoms with van der Waals surface area (Å²) in [6.45, 7) is 2.31. The summed E-state index contributed by atoms with van der Waals surface area (Å²) >= 11 is 11.5. The van der Waals surface area contributed by atoms with E-state index in [4.69, 9.17) is 23.2 Å². The Morgan fingerprint density at radius 2 is 2.27 bits per heavy atom. The molecule has 0 saturated heterocycles. The number of carbonyl (C=O) groups is 1. The summed E-state index contributed by atoms with van der Waals surface area (Å²) in [5.74, 6) is -0.110. The van der Waals surface area contributed by atoms with Gasteiger partial charge in [0.25, 0.3) is 0 Å². The van der Waals surface area contributed by atoms with Crippen LogP contribution in [-0.2, 0) is 4.79 Å². The molecule has 0 aromatic heterocycles. The zero-order valence-electron chi connectivity index (χ0n) is 8.72. The Bertz CT molecular complexity index is 295. The predicted molar refractivity (Wildman–Crippen MR) is 64.2 cm³/mol. The van der Waals surface area contributed by atoms with Crippen LogP contribution in [0.4, 0.5) is 0 Å². The zero-order valence-corrected chi connectivity index (χ0v) is 10.2. The summed E-state index contributed by atoms with van der Waals surface area (Å²) in [7, 11) is 0. The van der Waals surface area contributed by atoms with Gasteiger partial charge >= 0.3 is 0 Å². The fourth-order valence-electron chi connectivity index (χ4n) is 1.35. The predicted octanol–water partition coefficient (Wildman–Crippen LogP) is 2.96. The maximum atomic E-state index is 11.1. The highest BCUT2D eigenvalue weighted by Crippen LogP contribution is 2.22. The third-order valence-electron chi connectivity index (χ3n) is 2.29. The van der Waals surface area contributed by atoms with E-state index in [0.717, 1.165) is 24.3 Å². The largest absolute Gasteiger partial charge is 0.355 e. The second-order valence-electron chi connectivity index (χ2n) is 3.60. The summed E-state index contributed by atoms with van der Waals surface area (Å²) in [6.07, 6.45) is 6.72. The van der Waals surface area contributed by atoms with Crippen molar-refractivity contribution in [2.24, 2.45) is 0 Å². The van der Waals surface area contributed by atoms with E-state index in [1.54, 1.807) is 6.92 Å². The normalized spacial score (nSPS) is 17.8. The smallest absolute Gasteiger partial charge is 0.237 e. The third kappa shape index (κ3) is 4.72. The van der Waals surface area contributed by atoms with Crippen molar-refractivity contribution in [1.29, 1.82) is 0 Å². The summed E-state index contributed by atoms with van der Waals surface area (Å²) in [5.41, 5.74) is 1.32. The van der Waals surface area contributed by atoms with E-state index in [-0.39, 0.29) is 5.91 Å². The Hall–Kier alpha value is -0.470. The maximum absolute atomic E-state index is 11.1. The molecular formula is C11H15Cl2NO. The molecule has 2 nitrogen and oxygen atoms in total. The van der Waals surface area contributed by atoms with Crippen molar-refractivity contribution in [2.45, 2.75) is 31.6 Å². The molecule has 4 heteroatoms. The van der Waals surface area contributed by atoms with Gasteiger partial charge in [0.2, 0.25) is 5.91 Å². The number of carbonyl (C=O) groups excluding carboxylic acids is 1. The minimum absolute atomic E-state index is 0.110. The van der Waals surface area contributed by atoms with E-state index in [1.165, 1.54) is 5.57 Å². The lowest BCUT2D eigenvalue weighted by atomic mass is 10.0. The van der Waals surface area contributed by atoms with E-state index in [9.17, 15) is 4.79 Å². The van der Waals surface area contributed by atoms with Crippen LogP contribution in [0.1, 0.15) is 26.2 Å². The van der Waals surface area contributed by atoms with Crippen LogP contribution in [0, 0.1) is 0 Å². The lowest BCUT2D eigenvalue weighted by Crippen LogP contribution is -2.30. The summed E-state index contributed by atoms with van der Waals surface area (Å²) in [5, 5.41) is 3.22. The van der Waals surface area contributed by atoms with Crippen molar-refractivity contribution in [3.05, 3.63) is 22.8 Å². The molecule has 15 heavy (non-hydrogen) atoms. The molecule has 1 aliphatic rings. The second kappa shape index (κ2) is 6.19. The first-order valence-electron chi connectivity index (χ1n) is 5.05. The molecule has 1 unspecified atom stereocenters. The van der Waals surface area contributed by atoms with Crippen molar-refractivity contribution < 1.29 is 4.79 Å². The highest BCUT2D eigenvalue weighted by molar-refractivity contribution is 6.30. The Kier molecular flexibility index (Phi) is 5.20. The van der Waals surface area contributed by atoms with Gasteiger partial charge in [-0.15, -0.1) is 11.6 Å². The van der Waals surface area contributed by atoms with Gasteiger partial charge in [0.15, 0.2) is 0 Å². The average Bonchev–Trinajstić information content (AvgIpc) is 2.20. The molecule has 1 atom stereocenters. The van der Waals surface area contributed by atoms with Crippen molar-refractivity contribution in [2.75, 3.05) is 6.54 Å². The Morgan fingerprint density at radius 1 is 1.53 bits per heavy atom. The monoisotopic (exact) mass is 247 g/mol. The molecule has 0 radical (unpaired) electrons. The Morgan fingerprint density at radius 3 is 2.80 bits per heavy atom. The number of hydrogen-bond donors (Lipinski definition) is 1. The number of nitrogens with one attached hydrogen (secondary N) is 1. The molecule has 1 rings (SSSR count). The lowest BCUT2D eigenvalue weighted by Gasteiger charge is -2.12. The fourth-order valence-corrected chi connectivity index (χ4v) is 1.58. The minimum atomic E-state index is -0.459. The fraction of sp³-hybridized carbons (Fsp3) is 0.545. The number of alkyl halides is 1. The molecular weight excluding hydrogens is 233 g/mol. The standard InChI is InChI=1S/C11H15Cl2NO/c1-8(12)11(15)14-7-6-9-2-4-10(13)5-3-9/h2,4,8H,3,5-7H2,1H3,(H,14,15). The van der Waals surface area contributed by atoms with Crippen LogP contribution in [0.15, 0.2) is 22.8 Å². The SMILES string of the molecule is CC(Cl)C(=O)NCCC1=CC=C(Cl)CC1. The molecule has 1 N–H and O–H groups in total. The van der Waals surface area contributed by atoms with Crippen molar-refractivity contribution in [1.82, 2.24) is 5.32 Å². The molecule has 1 aliphatic carbocycles. The van der Waals surface area contributed by atoms with Gasteiger partial charge in [-0.2, -0.15) is 0 Å². The van der Waals surface area contributed by atoms with E-state index in [0.29, 0.717) is 6.54 Å². The van der Waals surface area contributed by atoms with Crippen LogP contribution in [0.2, 0.25) is 0 Å². The zero-order chi connectivity index (χ0) is 11.3. The summed E-state index contributed by atoms with van der Waals surface area (Å²) in [6, 6.07) is 0. The quantitative estimate of drug-likeness (QED) is 0.761. The van der Waals surface area contributed by atoms with E-state index >= 15 is 0 Å². The second-order valence-corrected chi connectivity index (χ2v) is 4.74. The first-order chi connectivity index (χ1) is 7.09. The van der Waals surface area contributed by atoms with Crippen LogP contribution in [-0.4, -0.2) is 17.8 Å². The molecule has 84 valence electrons. The molecule has 0 aliphatic heterocycles. The van der Waals surface area contributed by atoms with Gasteiger partial charge in [0, 0.05) is 11.6 Å². The van der Waals surface area contributed by atoms with E-state index in [2.05, 4.69) is 5.32 Å². The van der Waals surface area contributed by atoms with E-state index in [1.807, 2.05) is 12.2 Å². The molecule has 0 aromatic rings. The van der Waals surface area contributed by atoms with Crippen molar-refractivity contribution in [3.8, 4) is 0 Å². The topological polar surface area (TPSA) is 29.1 Å². The van der Waals surface area contributed by atoms with Crippen LogP contribution in [0.3, 0.4) is 0 Å². The first-order valence-corrected chi connectivity index (χ1v) is 5.87. The van der Waals surface area contributed by atoms with Gasteiger partial charge in [-0.1, -0.05) is 23.3 Å². The Balaban J connectivity index is 2.24. The van der Waals surface area contributed by atoms with Crippen LogP contribution >= 0.6 is 23.2 Å². The van der Waals surface area contributed by atoms with Crippen molar-refractivity contribution in [3.63, 3.8) is 0 Å². The summed E-state index contributed by atoms with van der Waals surface area (Å²) < 4.78 is 0. The number of rotatable bonds is 4. The molecule has 0 fully saturated rings. The van der Waals surface area contributed by atoms with Crippen molar-refractivity contribution >= 4 is 29.1 Å². The number of allylic oxidation sites excluding steroid dienone is 3. The van der Waals surface area contributed by atoms with E-state index < -0.39 is 5.38 Å². The lowest BCUT2D eigenvalue weighted by molar-refractivity contribution is -0.120. The molecule has 0 aromatic carbocycles. The van der Waals surface area contributed by atoms with Gasteiger partial charge in [0.1, 0.15) is 5.38 Å². The molecule has 0 saturated carbocycles. The van der Waals surface area contributed by atoms with Gasteiger partial charge in [-0.05, 0) is 32.3 Å². The first kappa shape index (κ1) is 12.6. The average molecular weight is 248 g/mol. The Labute approximate surface area is 100 Å². The van der Waals surface area contributed by atoms with Gasteiger partial charge in [-0.25, -0.2) is 0 Å². The molecule has 0 heterocycles. The maximum Gasteiger partial charge on any atom is 0.237 e. The van der Waals surface area contributed by atoms with Crippen LogP contribution in [0.5, 0.6) is 0 Å². The van der Waals surface area contributed by atoms with Crippen LogP contribution in [0.25, 0.3) is 0 Å².